The third-order valence-corrected chi connectivity index (χ3v) is 5.95. The number of nitrogens with one attached hydrogen (secondary N) is 1. The lowest BCUT2D eigenvalue weighted by atomic mass is 10.1. The van der Waals surface area contributed by atoms with Crippen molar-refractivity contribution in [3.05, 3.63) is 41.2 Å². The number of pyridine rings is 1. The Bertz CT molecular complexity index is 811. The summed E-state index contributed by atoms with van der Waals surface area (Å²) in [5.41, 5.74) is 2.19. The third-order valence-electron chi connectivity index (χ3n) is 5.95. The molecule has 144 valence electrons. The van der Waals surface area contributed by atoms with E-state index in [1.54, 1.807) is 6.20 Å². The second-order valence-corrected chi connectivity index (χ2v) is 7.67. The summed E-state index contributed by atoms with van der Waals surface area (Å²) in [5.74, 6) is 2.58. The zero-order valence-corrected chi connectivity index (χ0v) is 16.2. The number of fused-ring (bicyclic) bond motifs is 1. The summed E-state index contributed by atoms with van der Waals surface area (Å²) in [6, 6.07) is 3.89. The van der Waals surface area contributed by atoms with Crippen molar-refractivity contribution in [2.24, 2.45) is 0 Å². The van der Waals surface area contributed by atoms with Crippen molar-refractivity contribution >= 4 is 6.03 Å². The van der Waals surface area contributed by atoms with Gasteiger partial charge in [0.2, 0.25) is 0 Å². The molecule has 1 aliphatic heterocycles. The molecule has 0 saturated heterocycles. The molecule has 7 heteroatoms. The molecule has 2 aromatic rings. The van der Waals surface area contributed by atoms with Gasteiger partial charge in [-0.1, -0.05) is 18.9 Å². The quantitative estimate of drug-likeness (QED) is 0.900. The molecule has 2 aromatic heterocycles. The first-order valence-corrected chi connectivity index (χ1v) is 10.0. The Hall–Kier alpha value is -2.44. The maximum Gasteiger partial charge on any atom is 0.318 e. The lowest BCUT2D eigenvalue weighted by Gasteiger charge is -2.34. The minimum absolute atomic E-state index is 0.0345. The molecule has 0 bridgehead atoms. The molecular formula is C20H28N6O. The van der Waals surface area contributed by atoms with Crippen LogP contribution < -0.4 is 5.32 Å². The first-order valence-electron chi connectivity index (χ1n) is 10.0. The smallest absolute Gasteiger partial charge is 0.318 e. The Kier molecular flexibility index (Phi) is 5.09. The fourth-order valence-corrected chi connectivity index (χ4v) is 4.34. The number of hydrogen-bond acceptors (Lipinski definition) is 4. The van der Waals surface area contributed by atoms with E-state index in [1.165, 1.54) is 25.7 Å². The molecule has 4 rings (SSSR count). The molecule has 27 heavy (non-hydrogen) atoms. The van der Waals surface area contributed by atoms with Crippen molar-refractivity contribution in [3.63, 3.8) is 0 Å². The van der Waals surface area contributed by atoms with Crippen LogP contribution in [0, 0.1) is 6.92 Å². The number of carbonyl (C=O) groups excluding carboxylic acids is 1. The first kappa shape index (κ1) is 17.9. The van der Waals surface area contributed by atoms with Crippen LogP contribution in [0.25, 0.3) is 0 Å². The summed E-state index contributed by atoms with van der Waals surface area (Å²) in [7, 11) is 0. The van der Waals surface area contributed by atoms with E-state index in [-0.39, 0.29) is 12.1 Å². The second kappa shape index (κ2) is 7.66. The van der Waals surface area contributed by atoms with E-state index in [4.69, 9.17) is 0 Å². The number of urea groups is 1. The zero-order valence-electron chi connectivity index (χ0n) is 16.2. The number of nitrogens with zero attached hydrogens (tertiary/aromatic N) is 5. The normalized spacial score (nSPS) is 19.9. The van der Waals surface area contributed by atoms with Crippen molar-refractivity contribution in [1.82, 2.24) is 30.0 Å². The highest BCUT2D eigenvalue weighted by molar-refractivity contribution is 5.74. The largest absolute Gasteiger partial charge is 0.338 e. The molecule has 3 heterocycles. The molecule has 1 unspecified atom stereocenters. The molecule has 1 aliphatic carbocycles. The Morgan fingerprint density at radius 1 is 1.22 bits per heavy atom. The lowest BCUT2D eigenvalue weighted by Crippen LogP contribution is -2.47. The summed E-state index contributed by atoms with van der Waals surface area (Å²) < 4.78 is 2.25. The van der Waals surface area contributed by atoms with Crippen LogP contribution in [0.5, 0.6) is 0 Å². The van der Waals surface area contributed by atoms with E-state index < -0.39 is 0 Å². The van der Waals surface area contributed by atoms with Crippen LogP contribution >= 0.6 is 0 Å². The minimum Gasteiger partial charge on any atom is -0.338 e. The van der Waals surface area contributed by atoms with E-state index in [0.717, 1.165) is 35.9 Å². The summed E-state index contributed by atoms with van der Waals surface area (Å²) in [6.07, 6.45) is 7.53. The Morgan fingerprint density at radius 2 is 2.00 bits per heavy atom. The highest BCUT2D eigenvalue weighted by Gasteiger charge is 2.33. The third kappa shape index (κ3) is 3.55. The van der Waals surface area contributed by atoms with E-state index in [2.05, 4.69) is 25.1 Å². The predicted octanol–water partition coefficient (Wildman–Crippen LogP) is 2.97. The fourth-order valence-electron chi connectivity index (χ4n) is 4.34. The van der Waals surface area contributed by atoms with Gasteiger partial charge in [-0.2, -0.15) is 0 Å². The molecule has 2 aliphatic rings. The van der Waals surface area contributed by atoms with Crippen LogP contribution in [0.3, 0.4) is 0 Å². The molecule has 1 fully saturated rings. The topological polar surface area (TPSA) is 75.9 Å². The van der Waals surface area contributed by atoms with Gasteiger partial charge >= 0.3 is 6.03 Å². The molecule has 1 atom stereocenters. The number of rotatable bonds is 4. The summed E-state index contributed by atoms with van der Waals surface area (Å²) in [4.78, 5) is 18.9. The second-order valence-electron chi connectivity index (χ2n) is 7.67. The van der Waals surface area contributed by atoms with Gasteiger partial charge in [-0.3, -0.25) is 4.98 Å². The Balaban J connectivity index is 1.37. The minimum atomic E-state index is -0.0574. The number of carbonyl (C=O) groups is 1. The van der Waals surface area contributed by atoms with Crippen LogP contribution in [-0.2, 0) is 13.0 Å². The van der Waals surface area contributed by atoms with Gasteiger partial charge in [0.25, 0.3) is 0 Å². The van der Waals surface area contributed by atoms with Gasteiger partial charge in [-0.15, -0.1) is 10.2 Å². The molecular weight excluding hydrogens is 340 g/mol. The SMILES string of the molecule is Cc1cccnc1CCNC(=O)N1CCn2c(C3CCCC3)nnc2C1C. The van der Waals surface area contributed by atoms with Crippen LogP contribution in [0.1, 0.15) is 67.5 Å². The van der Waals surface area contributed by atoms with Crippen LogP contribution in [0.4, 0.5) is 4.79 Å². The van der Waals surface area contributed by atoms with E-state index in [1.807, 2.05) is 30.9 Å². The number of hydrogen-bond donors (Lipinski definition) is 1. The van der Waals surface area contributed by atoms with Crippen molar-refractivity contribution in [2.75, 3.05) is 13.1 Å². The van der Waals surface area contributed by atoms with Gasteiger partial charge in [0.15, 0.2) is 5.82 Å². The van der Waals surface area contributed by atoms with Crippen LogP contribution in [-0.4, -0.2) is 43.8 Å². The molecule has 1 N–H and O–H groups in total. The molecule has 7 nitrogen and oxygen atoms in total. The van der Waals surface area contributed by atoms with Crippen molar-refractivity contribution in [1.29, 1.82) is 0 Å². The fraction of sp³-hybridized carbons (Fsp3) is 0.600. The maximum atomic E-state index is 12.7. The zero-order chi connectivity index (χ0) is 18.8. The highest BCUT2D eigenvalue weighted by atomic mass is 16.2. The van der Waals surface area contributed by atoms with Crippen molar-refractivity contribution in [3.8, 4) is 0 Å². The molecule has 1 saturated carbocycles. The first-order chi connectivity index (χ1) is 13.1. The molecule has 0 aromatic carbocycles. The van der Waals surface area contributed by atoms with Crippen LogP contribution in [0.2, 0.25) is 0 Å². The standard InChI is InChI=1S/C20H28N6O/c1-14-6-5-10-21-17(14)9-11-22-20(27)25-12-13-26-18(15(25)2)23-24-19(26)16-7-3-4-8-16/h5-6,10,15-16H,3-4,7-9,11-13H2,1-2H3,(H,22,27). The lowest BCUT2D eigenvalue weighted by molar-refractivity contribution is 0.159. The average molecular weight is 368 g/mol. The van der Waals surface area contributed by atoms with Gasteiger partial charge in [0.1, 0.15) is 5.82 Å². The Labute approximate surface area is 160 Å². The van der Waals surface area contributed by atoms with Crippen LogP contribution in [0.15, 0.2) is 18.3 Å². The Morgan fingerprint density at radius 3 is 2.78 bits per heavy atom. The van der Waals surface area contributed by atoms with Crippen molar-refractivity contribution in [2.45, 2.75) is 64.5 Å². The van der Waals surface area contributed by atoms with Gasteiger partial charge in [0, 0.05) is 43.9 Å². The van der Waals surface area contributed by atoms with Crippen molar-refractivity contribution < 1.29 is 4.79 Å². The van der Waals surface area contributed by atoms with E-state index >= 15 is 0 Å². The maximum absolute atomic E-state index is 12.7. The van der Waals surface area contributed by atoms with E-state index in [0.29, 0.717) is 19.0 Å². The summed E-state index contributed by atoms with van der Waals surface area (Å²) in [6.45, 7) is 6.15. The van der Waals surface area contributed by atoms with Gasteiger partial charge in [-0.05, 0) is 38.3 Å². The molecule has 0 spiro atoms. The van der Waals surface area contributed by atoms with E-state index in [9.17, 15) is 4.79 Å². The predicted molar refractivity (Wildman–Crippen MR) is 102 cm³/mol. The van der Waals surface area contributed by atoms with Gasteiger partial charge in [-0.25, -0.2) is 4.79 Å². The number of aromatic nitrogens is 4. The van der Waals surface area contributed by atoms with Gasteiger partial charge in [0.05, 0.1) is 6.04 Å². The molecule has 0 radical (unpaired) electrons. The number of aryl methyl sites for hydroxylation is 1. The average Bonchev–Trinajstić information content (AvgIpc) is 3.33. The summed E-state index contributed by atoms with van der Waals surface area (Å²) in [5, 5.41) is 12.0. The highest BCUT2D eigenvalue weighted by Crippen LogP contribution is 2.35. The monoisotopic (exact) mass is 368 g/mol. The number of amides is 2. The van der Waals surface area contributed by atoms with Gasteiger partial charge < -0.3 is 14.8 Å². The summed E-state index contributed by atoms with van der Waals surface area (Å²) >= 11 is 0. The molecule has 2 amide bonds.